The average Bonchev–Trinajstić information content (AvgIpc) is 3.58. The van der Waals surface area contributed by atoms with Gasteiger partial charge in [-0.1, -0.05) is 82.7 Å². The highest BCUT2D eigenvalue weighted by molar-refractivity contribution is 9.09. The summed E-state index contributed by atoms with van der Waals surface area (Å²) in [6.45, 7) is 3.59. The molecular weight excluding hydrogens is 614 g/mol. The summed E-state index contributed by atoms with van der Waals surface area (Å²) in [4.78, 5) is 44.4. The van der Waals surface area contributed by atoms with E-state index in [0.717, 1.165) is 22.4 Å². The molecule has 3 aliphatic rings. The van der Waals surface area contributed by atoms with Gasteiger partial charge in [0.25, 0.3) is 0 Å². The van der Waals surface area contributed by atoms with Crippen molar-refractivity contribution in [3.63, 3.8) is 0 Å². The molecule has 3 aliphatic heterocycles. The summed E-state index contributed by atoms with van der Waals surface area (Å²) < 4.78 is -0.820. The number of likely N-dealkylation sites (tertiary alicyclic amines) is 1. The van der Waals surface area contributed by atoms with Crippen LogP contribution >= 0.6 is 27.7 Å². The van der Waals surface area contributed by atoms with Gasteiger partial charge in [-0.15, -0.1) is 11.8 Å². The second kappa shape index (κ2) is 11.5. The van der Waals surface area contributed by atoms with E-state index in [-0.39, 0.29) is 34.4 Å². The number of nitrogens with zero attached hydrogens (tertiary/aromatic N) is 1. The molecule has 0 aliphatic carbocycles. The number of nitrogens with one attached hydrogen (secondary N) is 2. The summed E-state index contributed by atoms with van der Waals surface area (Å²) >= 11 is 5.41. The van der Waals surface area contributed by atoms with Gasteiger partial charge in [0.15, 0.2) is 0 Å². The second-order valence-corrected chi connectivity index (χ2v) is 14.3. The third-order valence-electron chi connectivity index (χ3n) is 8.97. The molecule has 218 valence electrons. The van der Waals surface area contributed by atoms with Crippen molar-refractivity contribution >= 4 is 56.8 Å². The zero-order valence-corrected chi connectivity index (χ0v) is 25.9. The highest BCUT2D eigenvalue weighted by atomic mass is 79.9. The number of para-hydroxylation sites is 2. The summed E-state index contributed by atoms with van der Waals surface area (Å²) in [7, 11) is 0. The number of carbonyl (C=O) groups is 3. The molecule has 1 spiro atoms. The minimum absolute atomic E-state index is 0.0461. The number of amides is 3. The Bertz CT molecular complexity index is 1490. The number of alkyl halides is 1. The molecule has 7 nitrogen and oxygen atoms in total. The smallest absolute Gasteiger partial charge is 0.248 e. The zero-order chi connectivity index (χ0) is 29.6. The summed E-state index contributed by atoms with van der Waals surface area (Å²) in [6, 6.07) is 23.3. The molecule has 0 aromatic heterocycles. The summed E-state index contributed by atoms with van der Waals surface area (Å²) in [6.07, 6.45) is 0.963. The molecule has 42 heavy (non-hydrogen) atoms. The maximum Gasteiger partial charge on any atom is 0.248 e. The van der Waals surface area contributed by atoms with Gasteiger partial charge in [-0.25, -0.2) is 0 Å². The Labute approximate surface area is 258 Å². The van der Waals surface area contributed by atoms with Crippen molar-refractivity contribution < 1.29 is 19.5 Å². The first-order chi connectivity index (χ1) is 20.2. The number of fused-ring (bicyclic) bond motifs is 1. The van der Waals surface area contributed by atoms with Gasteiger partial charge in [-0.2, -0.15) is 0 Å². The van der Waals surface area contributed by atoms with Gasteiger partial charge >= 0.3 is 0 Å². The van der Waals surface area contributed by atoms with E-state index in [4.69, 9.17) is 0 Å². The lowest BCUT2D eigenvalue weighted by molar-refractivity contribution is -0.141. The molecule has 0 radical (unpaired) electrons. The quantitative estimate of drug-likeness (QED) is 0.301. The number of benzene rings is 3. The maximum absolute atomic E-state index is 14.6. The van der Waals surface area contributed by atoms with E-state index < -0.39 is 28.7 Å². The Hall–Kier alpha value is -3.14. The van der Waals surface area contributed by atoms with E-state index >= 15 is 0 Å². The van der Waals surface area contributed by atoms with E-state index in [1.807, 2.05) is 92.7 Å². The molecule has 0 saturated carbocycles. The summed E-state index contributed by atoms with van der Waals surface area (Å²) in [5.41, 5.74) is 4.21. The van der Waals surface area contributed by atoms with Crippen LogP contribution < -0.4 is 10.6 Å². The molecule has 2 bridgehead atoms. The number of anilines is 2. The fourth-order valence-electron chi connectivity index (χ4n) is 7.15. The largest absolute Gasteiger partial charge is 0.394 e. The van der Waals surface area contributed by atoms with E-state index in [1.165, 1.54) is 0 Å². The van der Waals surface area contributed by atoms with Crippen LogP contribution in [-0.4, -0.2) is 61.2 Å². The third kappa shape index (κ3) is 4.85. The minimum atomic E-state index is -0.862. The Morgan fingerprint density at radius 1 is 0.976 bits per heavy atom. The maximum atomic E-state index is 14.6. The Morgan fingerprint density at radius 2 is 1.62 bits per heavy atom. The number of carbonyl (C=O) groups excluding carboxylic acids is 3. The predicted octanol–water partition coefficient (Wildman–Crippen LogP) is 4.95. The minimum Gasteiger partial charge on any atom is -0.394 e. The topological polar surface area (TPSA) is 98.7 Å². The average molecular weight is 649 g/mol. The molecule has 3 aromatic carbocycles. The van der Waals surface area contributed by atoms with Gasteiger partial charge < -0.3 is 20.6 Å². The van der Waals surface area contributed by atoms with Gasteiger partial charge in [-0.05, 0) is 55.5 Å². The fraction of sp³-hybridized carbons (Fsp3) is 0.364. The van der Waals surface area contributed by atoms with Crippen LogP contribution in [-0.2, 0) is 20.8 Å². The van der Waals surface area contributed by atoms with Crippen LogP contribution in [0.15, 0.2) is 78.9 Å². The lowest BCUT2D eigenvalue weighted by Crippen LogP contribution is -2.55. The molecule has 3 amide bonds. The predicted molar refractivity (Wildman–Crippen MR) is 170 cm³/mol. The van der Waals surface area contributed by atoms with Gasteiger partial charge in [0.2, 0.25) is 17.7 Å². The molecule has 3 heterocycles. The first-order valence-electron chi connectivity index (χ1n) is 14.3. The van der Waals surface area contributed by atoms with Crippen LogP contribution in [0.5, 0.6) is 0 Å². The number of halogens is 1. The van der Waals surface area contributed by atoms with Crippen molar-refractivity contribution in [1.29, 1.82) is 0 Å². The van der Waals surface area contributed by atoms with Gasteiger partial charge in [0.1, 0.15) is 6.04 Å². The number of hydrogen-bond donors (Lipinski definition) is 3. The molecule has 9 heteroatoms. The lowest BCUT2D eigenvalue weighted by Gasteiger charge is -2.37. The van der Waals surface area contributed by atoms with Crippen molar-refractivity contribution in [2.45, 2.75) is 53.6 Å². The number of hydrogen-bond acceptors (Lipinski definition) is 5. The van der Waals surface area contributed by atoms with E-state index in [2.05, 4.69) is 26.6 Å². The van der Waals surface area contributed by atoms with Crippen LogP contribution in [0.1, 0.15) is 23.1 Å². The molecule has 7 atom stereocenters. The fourth-order valence-corrected chi connectivity index (χ4v) is 10.7. The van der Waals surface area contributed by atoms with Gasteiger partial charge in [0, 0.05) is 21.5 Å². The Morgan fingerprint density at radius 3 is 2.26 bits per heavy atom. The monoisotopic (exact) mass is 647 g/mol. The van der Waals surface area contributed by atoms with Crippen molar-refractivity contribution in [2.24, 2.45) is 11.8 Å². The molecule has 3 N–H and O–H groups in total. The highest BCUT2D eigenvalue weighted by Crippen LogP contribution is 2.68. The van der Waals surface area contributed by atoms with Crippen LogP contribution in [0.3, 0.4) is 0 Å². The highest BCUT2D eigenvalue weighted by Gasteiger charge is 2.76. The standard InChI is InChI=1S/C33H34BrN3O4S/c1-19-10-9-11-20(2)27(19)36-31(40)29-33-17-24(34)28(42-33)25(30(39)35-22-14-7-4-8-15-22)26(33)32(41)37(29)23(18-38)16-21-12-5-3-6-13-21/h3-15,23-26,28-29,38H,16-18H2,1-2H3,(H,35,39)(H,36,40)/t23-,24?,25-,26+,28-,29?,33?/m1/s1. The number of aliphatic hydroxyl groups is 1. The zero-order valence-electron chi connectivity index (χ0n) is 23.5. The van der Waals surface area contributed by atoms with Crippen molar-refractivity contribution in [3.05, 3.63) is 95.6 Å². The number of thioether (sulfide) groups is 1. The molecule has 3 aromatic rings. The van der Waals surface area contributed by atoms with Crippen LogP contribution in [0.25, 0.3) is 0 Å². The first-order valence-corrected chi connectivity index (χ1v) is 16.1. The molecule has 6 rings (SSSR count). The summed E-state index contributed by atoms with van der Waals surface area (Å²) in [5, 5.41) is 16.7. The van der Waals surface area contributed by atoms with Crippen LogP contribution in [0.2, 0.25) is 0 Å². The molecular formula is C33H34BrN3O4S. The van der Waals surface area contributed by atoms with Crippen molar-refractivity contribution in [2.75, 3.05) is 17.2 Å². The van der Waals surface area contributed by atoms with Gasteiger partial charge in [0.05, 0.1) is 29.2 Å². The lowest BCUT2D eigenvalue weighted by atomic mass is 9.70. The molecule has 3 unspecified atom stereocenters. The number of aryl methyl sites for hydroxylation is 2. The molecule has 3 saturated heterocycles. The first kappa shape index (κ1) is 29.0. The van der Waals surface area contributed by atoms with E-state index in [9.17, 15) is 19.5 Å². The van der Waals surface area contributed by atoms with Crippen LogP contribution in [0, 0.1) is 25.7 Å². The van der Waals surface area contributed by atoms with Crippen molar-refractivity contribution in [1.82, 2.24) is 4.90 Å². The Balaban J connectivity index is 1.41. The number of aliphatic hydroxyl groups excluding tert-OH is 1. The molecule has 3 fully saturated rings. The van der Waals surface area contributed by atoms with Gasteiger partial charge in [-0.3, -0.25) is 14.4 Å². The van der Waals surface area contributed by atoms with Crippen LogP contribution in [0.4, 0.5) is 11.4 Å². The Kier molecular flexibility index (Phi) is 7.93. The number of rotatable bonds is 8. The van der Waals surface area contributed by atoms with E-state index in [1.54, 1.807) is 16.7 Å². The SMILES string of the molecule is Cc1cccc(C)c1NC(=O)C1N([C@@H](CO)Cc2ccccc2)C(=O)[C@@H]2[C@@H](C(=O)Nc3ccccc3)[C@@H]3SC12CC3Br. The van der Waals surface area contributed by atoms with E-state index in [0.29, 0.717) is 18.5 Å². The van der Waals surface area contributed by atoms with Crippen molar-refractivity contribution in [3.8, 4) is 0 Å². The normalized spacial score (nSPS) is 28.4. The third-order valence-corrected chi connectivity index (χ3v) is 12.2. The second-order valence-electron chi connectivity index (χ2n) is 11.5. The summed E-state index contributed by atoms with van der Waals surface area (Å²) in [5.74, 6) is -2.07.